The lowest BCUT2D eigenvalue weighted by Crippen LogP contribution is -2.51. The molecule has 2 aromatic carbocycles. The average Bonchev–Trinajstić information content (AvgIpc) is 2.62. The van der Waals surface area contributed by atoms with Crippen LogP contribution in [0.15, 0.2) is 36.4 Å². The summed E-state index contributed by atoms with van der Waals surface area (Å²) in [6, 6.07) is 11.6. The molecule has 2 aromatic rings. The van der Waals surface area contributed by atoms with Crippen LogP contribution in [0.2, 0.25) is 0 Å². The van der Waals surface area contributed by atoms with E-state index >= 15 is 0 Å². The summed E-state index contributed by atoms with van der Waals surface area (Å²) >= 11 is 0. The summed E-state index contributed by atoms with van der Waals surface area (Å²) in [5, 5.41) is 21.0. The van der Waals surface area contributed by atoms with Crippen molar-refractivity contribution >= 4 is 22.6 Å². The number of amides is 1. The van der Waals surface area contributed by atoms with Gasteiger partial charge in [-0.05, 0) is 28.5 Å². The molecule has 6 heteroatoms. The Morgan fingerprint density at radius 3 is 2.56 bits per heavy atom. The summed E-state index contributed by atoms with van der Waals surface area (Å²) in [6.45, 7) is 0.492. The maximum Gasteiger partial charge on any atom is 0.335 e. The van der Waals surface area contributed by atoms with Gasteiger partial charge in [-0.3, -0.25) is 4.79 Å². The van der Waals surface area contributed by atoms with Gasteiger partial charge in [0.15, 0.2) is 5.60 Å². The van der Waals surface area contributed by atoms with Crippen LogP contribution in [-0.2, 0) is 16.0 Å². The van der Waals surface area contributed by atoms with Gasteiger partial charge in [0.2, 0.25) is 5.91 Å². The molecule has 1 fully saturated rings. The van der Waals surface area contributed by atoms with Crippen LogP contribution in [0.5, 0.6) is 5.75 Å². The number of carboxylic acid groups (broad SMARTS) is 1. The molecule has 0 aliphatic carbocycles. The van der Waals surface area contributed by atoms with Gasteiger partial charge in [-0.25, -0.2) is 4.79 Å². The topological polar surface area (TPSA) is 87.1 Å². The minimum Gasteiger partial charge on any atom is -0.497 e. The van der Waals surface area contributed by atoms with E-state index in [4.69, 9.17) is 9.84 Å². The molecule has 132 valence electrons. The Bertz CT molecular complexity index is 809. The third-order valence-electron chi connectivity index (χ3n) is 4.86. The third-order valence-corrected chi connectivity index (χ3v) is 4.86. The van der Waals surface area contributed by atoms with E-state index in [1.54, 1.807) is 12.0 Å². The molecule has 1 aliphatic heterocycles. The van der Waals surface area contributed by atoms with E-state index in [9.17, 15) is 14.7 Å². The van der Waals surface area contributed by atoms with E-state index in [0.717, 1.165) is 22.1 Å². The van der Waals surface area contributed by atoms with Gasteiger partial charge in [-0.2, -0.15) is 0 Å². The van der Waals surface area contributed by atoms with Gasteiger partial charge in [0, 0.05) is 25.9 Å². The molecule has 0 aromatic heterocycles. The number of aliphatic carboxylic acids is 1. The maximum atomic E-state index is 12.6. The standard InChI is InChI=1S/C19H21NO5/c1-25-15-6-5-13-3-2-4-14(16(13)12-15)11-17(21)20-9-7-19(24,8-10-20)18(22)23/h2-6,12,24H,7-11H2,1H3,(H,22,23). The molecule has 6 nitrogen and oxygen atoms in total. The van der Waals surface area contributed by atoms with Crippen molar-refractivity contribution in [1.29, 1.82) is 0 Å². The number of carbonyl (C=O) groups is 2. The first-order valence-electron chi connectivity index (χ1n) is 8.22. The number of nitrogens with zero attached hydrogens (tertiary/aromatic N) is 1. The van der Waals surface area contributed by atoms with E-state index in [1.807, 2.05) is 36.4 Å². The minimum atomic E-state index is -1.72. The van der Waals surface area contributed by atoms with Crippen molar-refractivity contribution in [1.82, 2.24) is 4.90 Å². The monoisotopic (exact) mass is 343 g/mol. The Morgan fingerprint density at radius 1 is 1.20 bits per heavy atom. The summed E-state index contributed by atoms with van der Waals surface area (Å²) < 4.78 is 5.27. The van der Waals surface area contributed by atoms with Gasteiger partial charge in [-0.15, -0.1) is 0 Å². The number of fused-ring (bicyclic) bond motifs is 1. The first-order valence-corrected chi connectivity index (χ1v) is 8.22. The van der Waals surface area contributed by atoms with Crippen LogP contribution < -0.4 is 4.74 Å². The number of ether oxygens (including phenoxy) is 1. The highest BCUT2D eigenvalue weighted by molar-refractivity contribution is 5.91. The van der Waals surface area contributed by atoms with Crippen molar-refractivity contribution in [2.45, 2.75) is 24.9 Å². The molecule has 0 atom stereocenters. The quantitative estimate of drug-likeness (QED) is 0.884. The molecule has 1 saturated heterocycles. The summed E-state index contributed by atoms with van der Waals surface area (Å²) in [6.07, 6.45) is 0.338. The number of methoxy groups -OCH3 is 1. The summed E-state index contributed by atoms with van der Waals surface area (Å²) in [5.41, 5.74) is -0.815. The van der Waals surface area contributed by atoms with Gasteiger partial charge >= 0.3 is 5.97 Å². The fraction of sp³-hybridized carbons (Fsp3) is 0.368. The molecule has 1 amide bonds. The van der Waals surface area contributed by atoms with Crippen LogP contribution >= 0.6 is 0 Å². The van der Waals surface area contributed by atoms with Gasteiger partial charge < -0.3 is 19.8 Å². The lowest BCUT2D eigenvalue weighted by molar-refractivity contribution is -0.165. The number of hydrogen-bond donors (Lipinski definition) is 2. The molecule has 0 radical (unpaired) electrons. The SMILES string of the molecule is COc1ccc2cccc(CC(=O)N3CCC(O)(C(=O)O)CC3)c2c1. The highest BCUT2D eigenvalue weighted by Gasteiger charge is 2.40. The number of benzene rings is 2. The molecule has 3 rings (SSSR count). The second-order valence-electron chi connectivity index (χ2n) is 6.40. The number of carbonyl (C=O) groups excluding carboxylic acids is 1. The Kier molecular flexibility index (Phi) is 4.63. The number of hydrogen-bond acceptors (Lipinski definition) is 4. The number of rotatable bonds is 4. The van der Waals surface area contributed by atoms with Gasteiger partial charge in [-0.1, -0.05) is 24.3 Å². The second-order valence-corrected chi connectivity index (χ2v) is 6.40. The first kappa shape index (κ1) is 17.2. The second kappa shape index (κ2) is 6.72. The largest absolute Gasteiger partial charge is 0.497 e. The Hall–Kier alpha value is -2.60. The Balaban J connectivity index is 1.76. The smallest absolute Gasteiger partial charge is 0.335 e. The van der Waals surface area contributed by atoms with Crippen LogP contribution in [0.4, 0.5) is 0 Å². The lowest BCUT2D eigenvalue weighted by atomic mass is 9.91. The zero-order valence-electron chi connectivity index (χ0n) is 14.1. The molecular formula is C19H21NO5. The first-order chi connectivity index (χ1) is 11.9. The van der Waals surface area contributed by atoms with Gasteiger partial charge in [0.25, 0.3) is 0 Å². The molecule has 25 heavy (non-hydrogen) atoms. The fourth-order valence-electron chi connectivity index (χ4n) is 3.21. The normalized spacial score (nSPS) is 16.6. The molecule has 0 bridgehead atoms. The van der Waals surface area contributed by atoms with E-state index in [0.29, 0.717) is 0 Å². The van der Waals surface area contributed by atoms with E-state index < -0.39 is 11.6 Å². The van der Waals surface area contributed by atoms with Crippen molar-refractivity contribution in [3.05, 3.63) is 42.0 Å². The minimum absolute atomic E-state index is 0.0530. The summed E-state index contributed by atoms with van der Waals surface area (Å²) in [4.78, 5) is 25.3. The van der Waals surface area contributed by atoms with E-state index in [-0.39, 0.29) is 38.3 Å². The molecule has 1 heterocycles. The molecule has 1 aliphatic rings. The third kappa shape index (κ3) is 3.44. The van der Waals surface area contributed by atoms with Crippen molar-refractivity contribution in [2.75, 3.05) is 20.2 Å². The molecule has 0 spiro atoms. The Labute approximate surface area is 145 Å². The van der Waals surface area contributed by atoms with E-state index in [2.05, 4.69) is 0 Å². The van der Waals surface area contributed by atoms with E-state index in [1.165, 1.54) is 0 Å². The maximum absolute atomic E-state index is 12.6. The van der Waals surface area contributed by atoms with Crippen molar-refractivity contribution in [3.63, 3.8) is 0 Å². The van der Waals surface area contributed by atoms with Gasteiger partial charge in [0.1, 0.15) is 5.75 Å². The predicted molar refractivity (Wildman–Crippen MR) is 92.6 cm³/mol. The van der Waals surface area contributed by atoms with Crippen LogP contribution in [-0.4, -0.2) is 52.8 Å². The van der Waals surface area contributed by atoms with Gasteiger partial charge in [0.05, 0.1) is 13.5 Å². The highest BCUT2D eigenvalue weighted by atomic mass is 16.5. The van der Waals surface area contributed by atoms with Crippen LogP contribution in [0.3, 0.4) is 0 Å². The molecule has 0 saturated carbocycles. The zero-order valence-corrected chi connectivity index (χ0v) is 14.1. The van der Waals surface area contributed by atoms with Crippen LogP contribution in [0.1, 0.15) is 18.4 Å². The number of aliphatic hydroxyl groups is 1. The molecule has 2 N–H and O–H groups in total. The fourth-order valence-corrected chi connectivity index (χ4v) is 3.21. The van der Waals surface area contributed by atoms with Crippen molar-refractivity contribution in [2.24, 2.45) is 0 Å². The zero-order chi connectivity index (χ0) is 18.0. The average molecular weight is 343 g/mol. The number of carboxylic acids is 1. The predicted octanol–water partition coefficient (Wildman–Crippen LogP) is 1.83. The molecule has 0 unspecified atom stereocenters. The highest BCUT2D eigenvalue weighted by Crippen LogP contribution is 2.26. The molecular weight excluding hydrogens is 322 g/mol. The number of piperidine rings is 1. The number of likely N-dealkylation sites (tertiary alicyclic amines) is 1. The Morgan fingerprint density at radius 2 is 1.92 bits per heavy atom. The van der Waals surface area contributed by atoms with Crippen LogP contribution in [0.25, 0.3) is 10.8 Å². The van der Waals surface area contributed by atoms with Crippen molar-refractivity contribution in [3.8, 4) is 5.75 Å². The lowest BCUT2D eigenvalue weighted by Gasteiger charge is -2.35. The summed E-state index contributed by atoms with van der Waals surface area (Å²) in [7, 11) is 1.60. The van der Waals surface area contributed by atoms with Crippen molar-refractivity contribution < 1.29 is 24.5 Å². The van der Waals surface area contributed by atoms with Crippen LogP contribution in [0, 0.1) is 0 Å². The summed E-state index contributed by atoms with van der Waals surface area (Å²) in [5.74, 6) is -0.555.